The third kappa shape index (κ3) is 5.74. The molecule has 0 aliphatic rings. The number of ether oxygens (including phenoxy) is 3. The molecule has 202 valence electrons. The van der Waals surface area contributed by atoms with Gasteiger partial charge in [-0.3, -0.25) is 8.80 Å². The average Bonchev–Trinajstić information content (AvgIpc) is 3.56. The quantitative estimate of drug-likeness (QED) is 0.254. The van der Waals surface area contributed by atoms with Crippen LogP contribution in [-0.2, 0) is 9.47 Å². The van der Waals surface area contributed by atoms with Crippen molar-refractivity contribution in [3.63, 3.8) is 0 Å². The SMILES string of the molecule is CNc1c(-c2cn3c(n2)sc2cc(OCCOCCNC(=O)OC(C)(C)C)ccc23)nc2cc(C#N)ccn12. The first-order valence-corrected chi connectivity index (χ1v) is 13.3. The van der Waals surface area contributed by atoms with Crippen LogP contribution in [0.4, 0.5) is 10.6 Å². The third-order valence-corrected chi connectivity index (χ3v) is 6.73. The minimum atomic E-state index is -0.525. The molecule has 0 fully saturated rings. The Labute approximate surface area is 228 Å². The molecule has 11 nitrogen and oxygen atoms in total. The fourth-order valence-electron chi connectivity index (χ4n) is 4.08. The molecule has 0 spiro atoms. The minimum absolute atomic E-state index is 0.365. The van der Waals surface area contributed by atoms with Crippen LogP contribution >= 0.6 is 11.3 Å². The molecule has 0 atom stereocenters. The molecule has 2 N–H and O–H groups in total. The van der Waals surface area contributed by atoms with E-state index in [-0.39, 0.29) is 0 Å². The van der Waals surface area contributed by atoms with Gasteiger partial charge in [0.05, 0.1) is 35.1 Å². The van der Waals surface area contributed by atoms with Crippen LogP contribution in [0, 0.1) is 11.3 Å². The monoisotopic (exact) mass is 547 g/mol. The third-order valence-electron chi connectivity index (χ3n) is 5.71. The van der Waals surface area contributed by atoms with Crippen LogP contribution in [0.15, 0.2) is 42.7 Å². The predicted molar refractivity (Wildman–Crippen MR) is 150 cm³/mol. The molecule has 1 aromatic carbocycles. The first kappa shape index (κ1) is 26.3. The highest BCUT2D eigenvalue weighted by molar-refractivity contribution is 7.23. The van der Waals surface area contributed by atoms with Crippen molar-refractivity contribution in [2.75, 3.05) is 38.7 Å². The standard InChI is InChI=1S/C27H29N7O4S/c1-27(2,3)38-26(35)30-8-10-36-11-12-37-18-5-6-20-21(14-18)39-25-31-19(16-34(20)25)23-24(29-4)33-9-7-17(15-28)13-22(33)32-23/h5-7,9,13-14,16,29H,8,10-12H2,1-4H3,(H,30,35). The highest BCUT2D eigenvalue weighted by atomic mass is 32.1. The van der Waals surface area contributed by atoms with Gasteiger partial charge in [0.1, 0.15) is 40.8 Å². The van der Waals surface area contributed by atoms with Crippen LogP contribution in [0.1, 0.15) is 26.3 Å². The number of benzene rings is 1. The van der Waals surface area contributed by atoms with Gasteiger partial charge in [0.25, 0.3) is 0 Å². The van der Waals surface area contributed by atoms with Crippen molar-refractivity contribution >= 4 is 44.1 Å². The number of nitrogens with zero attached hydrogens (tertiary/aromatic N) is 5. The van der Waals surface area contributed by atoms with Crippen molar-refractivity contribution in [2.45, 2.75) is 26.4 Å². The number of anilines is 1. The molecule has 0 bridgehead atoms. The summed E-state index contributed by atoms with van der Waals surface area (Å²) in [4.78, 5) is 22.0. The zero-order valence-corrected chi connectivity index (χ0v) is 23.0. The minimum Gasteiger partial charge on any atom is -0.491 e. The Balaban J connectivity index is 1.21. The molecule has 39 heavy (non-hydrogen) atoms. The second-order valence-electron chi connectivity index (χ2n) is 9.71. The van der Waals surface area contributed by atoms with E-state index in [4.69, 9.17) is 24.2 Å². The molecular weight excluding hydrogens is 518 g/mol. The van der Waals surface area contributed by atoms with E-state index >= 15 is 0 Å². The zero-order chi connectivity index (χ0) is 27.6. The van der Waals surface area contributed by atoms with Gasteiger partial charge >= 0.3 is 6.09 Å². The number of amides is 1. The number of hydrogen-bond donors (Lipinski definition) is 2. The number of thiazole rings is 1. The van der Waals surface area contributed by atoms with E-state index in [2.05, 4.69) is 16.7 Å². The van der Waals surface area contributed by atoms with E-state index in [0.29, 0.717) is 37.6 Å². The maximum Gasteiger partial charge on any atom is 0.407 e. The van der Waals surface area contributed by atoms with E-state index in [0.717, 1.165) is 38.1 Å². The molecule has 5 aromatic rings. The Morgan fingerprint density at radius 1 is 1.13 bits per heavy atom. The number of rotatable bonds is 9. The molecule has 0 aliphatic heterocycles. The fraction of sp³-hybridized carbons (Fsp3) is 0.333. The number of carbonyl (C=O) groups is 1. The number of carbonyl (C=O) groups excluding carboxylic acids is 1. The van der Waals surface area contributed by atoms with Gasteiger partial charge in [-0.15, -0.1) is 0 Å². The predicted octanol–water partition coefficient (Wildman–Crippen LogP) is 4.70. The fourth-order valence-corrected chi connectivity index (χ4v) is 5.11. The number of nitrogens with one attached hydrogen (secondary N) is 2. The van der Waals surface area contributed by atoms with Gasteiger partial charge in [-0.1, -0.05) is 11.3 Å². The Morgan fingerprint density at radius 3 is 2.74 bits per heavy atom. The van der Waals surface area contributed by atoms with E-state index in [1.165, 1.54) is 0 Å². The Hall–Kier alpha value is -4.34. The van der Waals surface area contributed by atoms with Crippen LogP contribution in [0.3, 0.4) is 0 Å². The van der Waals surface area contributed by atoms with Gasteiger partial charge < -0.3 is 24.8 Å². The molecule has 4 heterocycles. The summed E-state index contributed by atoms with van der Waals surface area (Å²) in [7, 11) is 1.84. The van der Waals surface area contributed by atoms with Gasteiger partial charge in [0.2, 0.25) is 0 Å². The van der Waals surface area contributed by atoms with Gasteiger partial charge in [-0.2, -0.15) is 5.26 Å². The number of imidazole rings is 2. The lowest BCUT2D eigenvalue weighted by atomic mass is 10.2. The smallest absolute Gasteiger partial charge is 0.407 e. The van der Waals surface area contributed by atoms with E-state index in [1.807, 2.05) is 67.2 Å². The van der Waals surface area contributed by atoms with Gasteiger partial charge in [-0.25, -0.2) is 14.8 Å². The maximum atomic E-state index is 11.6. The van der Waals surface area contributed by atoms with Crippen LogP contribution in [0.25, 0.3) is 32.2 Å². The van der Waals surface area contributed by atoms with Crippen molar-refractivity contribution in [3.05, 3.63) is 48.3 Å². The highest BCUT2D eigenvalue weighted by Gasteiger charge is 2.19. The van der Waals surface area contributed by atoms with Gasteiger partial charge in [0.15, 0.2) is 4.96 Å². The number of nitriles is 1. The second-order valence-corrected chi connectivity index (χ2v) is 10.7. The molecule has 0 saturated carbocycles. The molecule has 0 unspecified atom stereocenters. The number of alkyl carbamates (subject to hydrolysis) is 1. The molecule has 0 saturated heterocycles. The second kappa shape index (κ2) is 10.8. The lowest BCUT2D eigenvalue weighted by molar-refractivity contribution is 0.0489. The molecule has 0 radical (unpaired) electrons. The lowest BCUT2D eigenvalue weighted by Gasteiger charge is -2.19. The van der Waals surface area contributed by atoms with Gasteiger partial charge in [-0.05, 0) is 51.1 Å². The average molecular weight is 548 g/mol. The van der Waals surface area contributed by atoms with Crippen molar-refractivity contribution in [1.82, 2.24) is 24.1 Å². The zero-order valence-electron chi connectivity index (χ0n) is 22.1. The van der Waals surface area contributed by atoms with E-state index < -0.39 is 11.7 Å². The molecule has 12 heteroatoms. The Kier molecular flexibility index (Phi) is 7.28. The van der Waals surface area contributed by atoms with E-state index in [1.54, 1.807) is 23.5 Å². The maximum absolute atomic E-state index is 11.6. The van der Waals surface area contributed by atoms with Crippen LogP contribution in [0.5, 0.6) is 5.75 Å². The first-order valence-electron chi connectivity index (χ1n) is 12.4. The summed E-state index contributed by atoms with van der Waals surface area (Å²) < 4.78 is 21.6. The van der Waals surface area contributed by atoms with Crippen molar-refractivity contribution in [2.24, 2.45) is 0 Å². The first-order chi connectivity index (χ1) is 18.8. The van der Waals surface area contributed by atoms with Crippen LogP contribution < -0.4 is 15.4 Å². The summed E-state index contributed by atoms with van der Waals surface area (Å²) in [6.45, 7) is 6.97. The normalized spacial score (nSPS) is 11.7. The van der Waals surface area contributed by atoms with Crippen molar-refractivity contribution in [3.8, 4) is 23.2 Å². The highest BCUT2D eigenvalue weighted by Crippen LogP contribution is 2.34. The van der Waals surface area contributed by atoms with Crippen molar-refractivity contribution < 1.29 is 19.0 Å². The Morgan fingerprint density at radius 2 is 1.97 bits per heavy atom. The number of hydrogen-bond acceptors (Lipinski definition) is 9. The van der Waals surface area contributed by atoms with E-state index in [9.17, 15) is 10.1 Å². The summed E-state index contributed by atoms with van der Waals surface area (Å²) in [5.74, 6) is 1.55. The number of pyridine rings is 1. The number of aromatic nitrogens is 4. The topological polar surface area (TPSA) is 127 Å². The van der Waals surface area contributed by atoms with Crippen LogP contribution in [-0.4, -0.2) is 63.9 Å². The lowest BCUT2D eigenvalue weighted by Crippen LogP contribution is -2.34. The molecule has 1 amide bonds. The van der Waals surface area contributed by atoms with Gasteiger partial charge in [0, 0.05) is 26.0 Å². The van der Waals surface area contributed by atoms with Crippen molar-refractivity contribution in [1.29, 1.82) is 5.26 Å². The summed E-state index contributed by atoms with van der Waals surface area (Å²) in [5, 5.41) is 15.1. The summed E-state index contributed by atoms with van der Waals surface area (Å²) in [6, 6.07) is 11.6. The summed E-state index contributed by atoms with van der Waals surface area (Å²) in [5.41, 5.74) is 3.19. The molecule has 0 aliphatic carbocycles. The molecular formula is C27H29N7O4S. The molecule has 5 rings (SSSR count). The van der Waals surface area contributed by atoms with Crippen LogP contribution in [0.2, 0.25) is 0 Å². The molecule has 4 aromatic heterocycles. The summed E-state index contributed by atoms with van der Waals surface area (Å²) >= 11 is 1.56. The summed E-state index contributed by atoms with van der Waals surface area (Å²) in [6.07, 6.45) is 3.35. The largest absolute Gasteiger partial charge is 0.491 e. The number of fused-ring (bicyclic) bond motifs is 4. The Bertz CT molecular complexity index is 1690.